The molecule has 1 amide bonds. The van der Waals surface area contributed by atoms with Gasteiger partial charge in [-0.15, -0.1) is 0 Å². The van der Waals surface area contributed by atoms with E-state index in [1.807, 2.05) is 67.6 Å². The van der Waals surface area contributed by atoms with Crippen molar-refractivity contribution in [2.75, 3.05) is 12.9 Å². The molecular formula is C29H28FNO3S. The summed E-state index contributed by atoms with van der Waals surface area (Å²) in [6.07, 6.45) is 4.25. The number of halogens is 1. The highest BCUT2D eigenvalue weighted by atomic mass is 32.2. The summed E-state index contributed by atoms with van der Waals surface area (Å²) in [5, 5.41) is 12.7. The van der Waals surface area contributed by atoms with Crippen LogP contribution < -0.4 is 5.32 Å². The van der Waals surface area contributed by atoms with Crippen LogP contribution >= 0.6 is 0 Å². The Bertz CT molecular complexity index is 1310. The number of aliphatic hydroxyl groups is 1. The lowest BCUT2D eigenvalue weighted by Crippen LogP contribution is -2.39. The van der Waals surface area contributed by atoms with Crippen molar-refractivity contribution in [1.82, 2.24) is 5.32 Å². The lowest BCUT2D eigenvalue weighted by molar-refractivity contribution is -0.121. The number of hydrogen-bond acceptors (Lipinski definition) is 3. The van der Waals surface area contributed by atoms with E-state index in [-0.39, 0.29) is 24.8 Å². The third-order valence-corrected chi connectivity index (χ3v) is 7.16. The topological polar surface area (TPSA) is 66.4 Å². The van der Waals surface area contributed by atoms with Gasteiger partial charge in [-0.1, -0.05) is 48.5 Å². The summed E-state index contributed by atoms with van der Waals surface area (Å²) < 4.78 is 25.9. The average Bonchev–Trinajstić information content (AvgIpc) is 3.09. The van der Waals surface area contributed by atoms with Crippen molar-refractivity contribution < 1.29 is 18.5 Å². The highest BCUT2D eigenvalue weighted by molar-refractivity contribution is 7.84. The summed E-state index contributed by atoms with van der Waals surface area (Å²) in [6, 6.07) is 21.4. The predicted molar refractivity (Wildman–Crippen MR) is 139 cm³/mol. The molecule has 1 aliphatic carbocycles. The van der Waals surface area contributed by atoms with Crippen LogP contribution in [0.1, 0.15) is 35.6 Å². The van der Waals surface area contributed by atoms with Gasteiger partial charge in [-0.2, -0.15) is 0 Å². The molecule has 4 rings (SSSR count). The van der Waals surface area contributed by atoms with Gasteiger partial charge in [-0.25, -0.2) is 4.39 Å². The SMILES string of the molecule is CC1=C(CC(=O)N[C@H](CO)Cc2ccccc2)c2cc(F)ccc2/C1=C/c1ccc(S(C)=O)cc1. The van der Waals surface area contributed by atoms with Gasteiger partial charge in [0.25, 0.3) is 0 Å². The number of allylic oxidation sites excluding steroid dienone is 2. The molecule has 2 atom stereocenters. The molecule has 6 heteroatoms. The average molecular weight is 490 g/mol. The molecule has 0 bridgehead atoms. The number of benzene rings is 3. The van der Waals surface area contributed by atoms with Gasteiger partial charge in [0.2, 0.25) is 5.91 Å². The molecule has 0 radical (unpaired) electrons. The van der Waals surface area contributed by atoms with Crippen LogP contribution in [0.3, 0.4) is 0 Å². The van der Waals surface area contributed by atoms with Crippen LogP contribution in [0, 0.1) is 5.82 Å². The second-order valence-electron chi connectivity index (χ2n) is 8.69. The summed E-state index contributed by atoms with van der Waals surface area (Å²) in [4.78, 5) is 13.7. The van der Waals surface area contributed by atoms with E-state index in [4.69, 9.17) is 0 Å². The first-order valence-electron chi connectivity index (χ1n) is 11.5. The first-order valence-corrected chi connectivity index (χ1v) is 13.0. The Hall–Kier alpha value is -3.35. The minimum absolute atomic E-state index is 0.0820. The minimum Gasteiger partial charge on any atom is -0.394 e. The van der Waals surface area contributed by atoms with E-state index in [2.05, 4.69) is 5.32 Å². The van der Waals surface area contributed by atoms with Crippen LogP contribution in [0.15, 0.2) is 83.3 Å². The predicted octanol–water partition coefficient (Wildman–Crippen LogP) is 5.00. The smallest absolute Gasteiger partial charge is 0.224 e. The molecule has 3 aromatic rings. The van der Waals surface area contributed by atoms with Gasteiger partial charge < -0.3 is 10.4 Å². The fraction of sp³-hybridized carbons (Fsp3) is 0.207. The number of rotatable bonds is 8. The highest BCUT2D eigenvalue weighted by Crippen LogP contribution is 2.43. The molecule has 2 N–H and O–H groups in total. The lowest BCUT2D eigenvalue weighted by Gasteiger charge is -2.17. The zero-order valence-electron chi connectivity index (χ0n) is 19.8. The van der Waals surface area contributed by atoms with E-state index in [1.165, 1.54) is 12.1 Å². The molecule has 0 fully saturated rings. The maximum absolute atomic E-state index is 14.2. The molecule has 0 heterocycles. The number of hydrogen-bond donors (Lipinski definition) is 2. The summed E-state index contributed by atoms with van der Waals surface area (Å²) >= 11 is 0. The summed E-state index contributed by atoms with van der Waals surface area (Å²) in [6.45, 7) is 1.77. The molecule has 35 heavy (non-hydrogen) atoms. The van der Waals surface area contributed by atoms with Crippen LogP contribution in [0.4, 0.5) is 4.39 Å². The van der Waals surface area contributed by atoms with Crippen molar-refractivity contribution in [3.63, 3.8) is 0 Å². The molecule has 1 unspecified atom stereocenters. The number of carbonyl (C=O) groups is 1. The molecule has 0 aromatic heterocycles. The molecule has 0 spiro atoms. The number of aliphatic hydroxyl groups excluding tert-OH is 1. The van der Waals surface area contributed by atoms with Gasteiger partial charge in [0, 0.05) is 22.0 Å². The largest absolute Gasteiger partial charge is 0.394 e. The molecular weight excluding hydrogens is 461 g/mol. The number of amides is 1. The minimum atomic E-state index is -1.05. The van der Waals surface area contributed by atoms with Crippen molar-refractivity contribution in [2.24, 2.45) is 0 Å². The zero-order chi connectivity index (χ0) is 24.9. The third-order valence-electron chi connectivity index (χ3n) is 6.22. The molecule has 0 aliphatic heterocycles. The van der Waals surface area contributed by atoms with E-state index in [0.717, 1.165) is 38.3 Å². The van der Waals surface area contributed by atoms with E-state index in [9.17, 15) is 18.5 Å². The number of carbonyl (C=O) groups excluding carboxylic acids is 1. The van der Waals surface area contributed by atoms with E-state index in [1.54, 1.807) is 12.3 Å². The Labute approximate surface area is 207 Å². The van der Waals surface area contributed by atoms with E-state index >= 15 is 0 Å². The Morgan fingerprint density at radius 1 is 1.06 bits per heavy atom. The molecule has 1 aliphatic rings. The molecule has 0 saturated carbocycles. The van der Waals surface area contributed by atoms with Gasteiger partial charge in [0.15, 0.2) is 0 Å². The van der Waals surface area contributed by atoms with Crippen molar-refractivity contribution in [2.45, 2.75) is 30.7 Å². The quantitative estimate of drug-likeness (QED) is 0.468. The summed E-state index contributed by atoms with van der Waals surface area (Å²) in [5.41, 5.74) is 6.14. The van der Waals surface area contributed by atoms with Crippen LogP contribution in [-0.2, 0) is 22.0 Å². The maximum atomic E-state index is 14.2. The fourth-order valence-corrected chi connectivity index (χ4v) is 4.92. The molecule has 0 saturated heterocycles. The molecule has 3 aromatic carbocycles. The first kappa shape index (κ1) is 24.8. The second-order valence-corrected chi connectivity index (χ2v) is 10.1. The van der Waals surface area contributed by atoms with Crippen LogP contribution in [0.25, 0.3) is 17.2 Å². The van der Waals surface area contributed by atoms with Gasteiger partial charge in [0.05, 0.1) is 19.1 Å². The van der Waals surface area contributed by atoms with Crippen molar-refractivity contribution in [3.8, 4) is 0 Å². The van der Waals surface area contributed by atoms with Crippen molar-refractivity contribution in [3.05, 3.63) is 106 Å². The van der Waals surface area contributed by atoms with Gasteiger partial charge in [-0.05, 0) is 82.7 Å². The Kier molecular flexibility index (Phi) is 7.73. The first-order chi connectivity index (χ1) is 16.9. The van der Waals surface area contributed by atoms with Gasteiger partial charge in [-0.3, -0.25) is 9.00 Å². The Morgan fingerprint density at radius 2 is 1.77 bits per heavy atom. The lowest BCUT2D eigenvalue weighted by atomic mass is 10.0. The zero-order valence-corrected chi connectivity index (χ0v) is 20.6. The molecule has 4 nitrogen and oxygen atoms in total. The standard InChI is InChI=1S/C29H28FNO3S/c1-19-26(15-21-8-11-24(12-9-21)35(2)34)25-13-10-22(30)16-28(25)27(19)17-29(33)31-23(18-32)14-20-6-4-3-5-7-20/h3-13,15-16,23,32H,14,17-18H2,1-2H3,(H,31,33)/b26-15+/t23-,35?/m0/s1. The van der Waals surface area contributed by atoms with Gasteiger partial charge >= 0.3 is 0 Å². The summed E-state index contributed by atoms with van der Waals surface area (Å²) in [5.74, 6) is -0.580. The van der Waals surface area contributed by atoms with Crippen LogP contribution in [0.2, 0.25) is 0 Å². The fourth-order valence-electron chi connectivity index (χ4n) is 4.40. The number of fused-ring (bicyclic) bond motifs is 1. The van der Waals surface area contributed by atoms with Gasteiger partial charge in [0.1, 0.15) is 5.82 Å². The normalized spacial score (nSPS) is 15.7. The van der Waals surface area contributed by atoms with E-state index < -0.39 is 16.8 Å². The van der Waals surface area contributed by atoms with Crippen molar-refractivity contribution in [1.29, 1.82) is 0 Å². The maximum Gasteiger partial charge on any atom is 0.224 e. The highest BCUT2D eigenvalue weighted by Gasteiger charge is 2.26. The summed E-state index contributed by atoms with van der Waals surface area (Å²) in [7, 11) is -1.05. The Balaban J connectivity index is 1.59. The van der Waals surface area contributed by atoms with Crippen LogP contribution in [0.5, 0.6) is 0 Å². The Morgan fingerprint density at radius 3 is 2.43 bits per heavy atom. The van der Waals surface area contributed by atoms with Crippen molar-refractivity contribution >= 4 is 33.9 Å². The van der Waals surface area contributed by atoms with E-state index in [0.29, 0.717) is 12.0 Å². The van der Waals surface area contributed by atoms with Crippen LogP contribution in [-0.4, -0.2) is 34.1 Å². The monoisotopic (exact) mass is 489 g/mol. The third kappa shape index (κ3) is 5.84. The molecule has 180 valence electrons. The number of nitrogens with one attached hydrogen (secondary N) is 1. The second kappa shape index (κ2) is 10.9.